The molecule has 4 atom stereocenters. The van der Waals surface area contributed by atoms with Gasteiger partial charge < -0.3 is 18.9 Å². The molecule has 5 rings (SSSR count). The summed E-state index contributed by atoms with van der Waals surface area (Å²) in [6.07, 6.45) is 0.492. The van der Waals surface area contributed by atoms with Crippen molar-refractivity contribution in [2.45, 2.75) is 24.4 Å². The average Bonchev–Trinajstić information content (AvgIpc) is 3.68. The minimum absolute atomic E-state index is 0.265. The van der Waals surface area contributed by atoms with Crippen LogP contribution in [0.25, 0.3) is 0 Å². The molecule has 2 aromatic rings. The van der Waals surface area contributed by atoms with Crippen LogP contribution in [0, 0.1) is 0 Å². The van der Waals surface area contributed by atoms with E-state index in [1.165, 1.54) is 24.9 Å². The Hall–Kier alpha value is -5.16. The van der Waals surface area contributed by atoms with E-state index < -0.39 is 48.0 Å². The third-order valence-corrected chi connectivity index (χ3v) is 5.95. The predicted octanol–water partition coefficient (Wildman–Crippen LogP) is -1.32. The highest BCUT2D eigenvalue weighted by Gasteiger charge is 2.41. The van der Waals surface area contributed by atoms with E-state index in [0.717, 1.165) is 0 Å². The Kier molecular flexibility index (Phi) is 9.10. The van der Waals surface area contributed by atoms with Crippen molar-refractivity contribution < 1.29 is 38.1 Å². The van der Waals surface area contributed by atoms with E-state index in [9.17, 15) is 19.2 Å². The van der Waals surface area contributed by atoms with Crippen molar-refractivity contribution in [1.29, 1.82) is 0 Å². The second-order valence-electron chi connectivity index (χ2n) is 8.86. The number of carbonyl (C=O) groups is 4. The molecule has 3 heterocycles. The number of rotatable bonds is 0. The number of hydrogen-bond acceptors (Lipinski definition) is 12. The molecule has 16 heteroatoms. The predicted molar refractivity (Wildman–Crippen MR) is 145 cm³/mol. The molecule has 4 bridgehead atoms. The first-order valence-corrected chi connectivity index (χ1v) is 12.5. The number of nitrogens with zero attached hydrogens (tertiary/aromatic N) is 4. The number of benzene rings is 2. The number of hydrazone groups is 4. The van der Waals surface area contributed by atoms with E-state index in [1.54, 1.807) is 48.5 Å². The van der Waals surface area contributed by atoms with Crippen molar-refractivity contribution in [3.05, 3.63) is 70.8 Å². The van der Waals surface area contributed by atoms with Gasteiger partial charge in [-0.2, -0.15) is 20.4 Å². The Morgan fingerprint density at radius 2 is 0.738 bits per heavy atom. The van der Waals surface area contributed by atoms with Crippen LogP contribution < -0.4 is 21.7 Å². The zero-order valence-corrected chi connectivity index (χ0v) is 21.7. The second kappa shape index (κ2) is 13.5. The molecule has 2 saturated heterocycles. The maximum absolute atomic E-state index is 12.6. The fraction of sp³-hybridized carbons (Fsp3) is 0.231. The molecule has 2 aromatic carbocycles. The Morgan fingerprint density at radius 3 is 1.00 bits per heavy atom. The molecule has 0 saturated carbocycles. The van der Waals surface area contributed by atoms with E-state index in [4.69, 9.17) is 18.9 Å². The number of fused-ring (bicyclic) bond motifs is 6. The largest absolute Gasteiger partial charge is 0.339 e. The van der Waals surface area contributed by atoms with E-state index >= 15 is 0 Å². The quantitative estimate of drug-likeness (QED) is 0.296. The first-order valence-electron chi connectivity index (χ1n) is 12.5. The number of ether oxygens (including phenoxy) is 4. The zero-order valence-electron chi connectivity index (χ0n) is 21.7. The monoisotopic (exact) mass is 576 g/mol. The highest BCUT2D eigenvalue weighted by Crippen LogP contribution is 2.15. The molecule has 0 spiro atoms. The lowest BCUT2D eigenvalue weighted by Gasteiger charge is -2.13. The topological polar surface area (TPSA) is 203 Å². The van der Waals surface area contributed by atoms with Gasteiger partial charge in [0.25, 0.3) is 23.6 Å². The first-order chi connectivity index (χ1) is 20.5. The van der Waals surface area contributed by atoms with Crippen LogP contribution in [0.2, 0.25) is 0 Å². The van der Waals surface area contributed by atoms with Crippen molar-refractivity contribution in [2.75, 3.05) is 13.6 Å². The van der Waals surface area contributed by atoms with Crippen LogP contribution in [0.15, 0.2) is 68.9 Å². The van der Waals surface area contributed by atoms with Crippen LogP contribution in [0.4, 0.5) is 0 Å². The Morgan fingerprint density at radius 1 is 0.476 bits per heavy atom. The number of amides is 4. The standard InChI is InChI=1S/C26H24N8O8/c35-23-19-21(41-13-39-19)25(37)33-29-11-17-5-2-6-18(8-17)12-30-34-26(38)22-20(40-14-42-22)24(36)32-28-10-16-4-1-3-15(7-16)9-27-31-23/h1-12,19-22H,13-14H2,(H,31,35)(H,32,36)(H,33,37)(H,34,38)/b27-9+,28-10+,29-11+,30-12+/t19-,20-,21-,22-/m0/s1. The summed E-state index contributed by atoms with van der Waals surface area (Å²) in [5, 5.41) is 15.7. The fourth-order valence-electron chi connectivity index (χ4n) is 3.95. The van der Waals surface area contributed by atoms with Crippen molar-refractivity contribution in [3.8, 4) is 0 Å². The molecule has 4 N–H and O–H groups in total. The highest BCUT2D eigenvalue weighted by molar-refractivity contribution is 5.94. The summed E-state index contributed by atoms with van der Waals surface area (Å²) in [5.41, 5.74) is 11.7. The van der Waals surface area contributed by atoms with Gasteiger partial charge in [0.05, 0.1) is 24.9 Å². The summed E-state index contributed by atoms with van der Waals surface area (Å²) in [6.45, 7) is -0.529. The van der Waals surface area contributed by atoms with E-state index in [-0.39, 0.29) is 13.6 Å². The number of carbonyl (C=O) groups excluding carboxylic acids is 4. The van der Waals surface area contributed by atoms with Gasteiger partial charge in [-0.1, -0.05) is 36.4 Å². The first kappa shape index (κ1) is 28.4. The summed E-state index contributed by atoms with van der Waals surface area (Å²) in [6, 6.07) is 13.6. The lowest BCUT2D eigenvalue weighted by molar-refractivity contribution is -0.137. The second-order valence-corrected chi connectivity index (χ2v) is 8.86. The fourth-order valence-corrected chi connectivity index (χ4v) is 3.95. The molecule has 16 nitrogen and oxygen atoms in total. The van der Waals surface area contributed by atoms with Crippen LogP contribution in [0.3, 0.4) is 0 Å². The van der Waals surface area contributed by atoms with Crippen LogP contribution >= 0.6 is 0 Å². The molecule has 3 aliphatic heterocycles. The smallest absolute Gasteiger partial charge is 0.272 e. The summed E-state index contributed by atoms with van der Waals surface area (Å²) >= 11 is 0. The van der Waals surface area contributed by atoms with E-state index in [0.29, 0.717) is 22.3 Å². The van der Waals surface area contributed by atoms with Crippen molar-refractivity contribution in [1.82, 2.24) is 21.7 Å². The molecule has 0 unspecified atom stereocenters. The molecule has 2 fully saturated rings. The van der Waals surface area contributed by atoms with E-state index in [2.05, 4.69) is 42.1 Å². The third-order valence-electron chi connectivity index (χ3n) is 5.95. The lowest BCUT2D eigenvalue weighted by atomic mass is 10.1. The molecule has 0 aromatic heterocycles. The SMILES string of the molecule is O=C1N/N=C/c2cccc(c2)/C=N/NC(=O)[C@H]2OCO[C@@H]2C(=O)N/N=C/c2cccc(c2)/C=N/NC(=O)[C@H]2OCO[C@H]12. The molecule has 42 heavy (non-hydrogen) atoms. The van der Waals surface area contributed by atoms with Gasteiger partial charge in [-0.05, 0) is 34.4 Å². The van der Waals surface area contributed by atoms with Gasteiger partial charge in [-0.3, -0.25) is 19.2 Å². The van der Waals surface area contributed by atoms with Crippen LogP contribution in [0.5, 0.6) is 0 Å². The Labute approximate surface area is 237 Å². The van der Waals surface area contributed by atoms with Gasteiger partial charge in [-0.25, -0.2) is 21.7 Å². The molecule has 0 aliphatic carbocycles. The van der Waals surface area contributed by atoms with Crippen molar-refractivity contribution in [3.63, 3.8) is 0 Å². The molecular formula is C26H24N8O8. The number of hydrogen-bond donors (Lipinski definition) is 4. The number of nitrogens with one attached hydrogen (secondary N) is 4. The van der Waals surface area contributed by atoms with Gasteiger partial charge >= 0.3 is 0 Å². The summed E-state index contributed by atoms with van der Waals surface area (Å²) in [7, 11) is 0. The van der Waals surface area contributed by atoms with Gasteiger partial charge in [0, 0.05) is 0 Å². The van der Waals surface area contributed by atoms with Crippen molar-refractivity contribution >= 4 is 48.5 Å². The van der Waals surface area contributed by atoms with E-state index in [1.807, 2.05) is 0 Å². The summed E-state index contributed by atoms with van der Waals surface area (Å²) < 4.78 is 21.1. The Bertz CT molecular complexity index is 1270. The summed E-state index contributed by atoms with van der Waals surface area (Å²) in [5.74, 6) is -2.76. The molecule has 3 aliphatic rings. The average molecular weight is 577 g/mol. The summed E-state index contributed by atoms with van der Waals surface area (Å²) in [4.78, 5) is 50.4. The molecule has 216 valence electrons. The lowest BCUT2D eigenvalue weighted by Crippen LogP contribution is -2.45. The zero-order chi connectivity index (χ0) is 29.3. The highest BCUT2D eigenvalue weighted by atomic mass is 16.7. The minimum atomic E-state index is -1.25. The molecular weight excluding hydrogens is 552 g/mol. The third kappa shape index (κ3) is 7.12. The van der Waals surface area contributed by atoms with Crippen LogP contribution in [-0.2, 0) is 38.1 Å². The maximum atomic E-state index is 12.6. The maximum Gasteiger partial charge on any atom is 0.272 e. The van der Waals surface area contributed by atoms with Gasteiger partial charge in [0.1, 0.15) is 13.6 Å². The molecule has 4 amide bonds. The minimum Gasteiger partial charge on any atom is -0.339 e. The van der Waals surface area contributed by atoms with Crippen molar-refractivity contribution in [2.24, 2.45) is 20.4 Å². The Balaban J connectivity index is 1.36. The van der Waals surface area contributed by atoms with Gasteiger partial charge in [0.2, 0.25) is 0 Å². The van der Waals surface area contributed by atoms with Gasteiger partial charge in [0.15, 0.2) is 24.4 Å². The molecule has 0 radical (unpaired) electrons. The van der Waals surface area contributed by atoms with Crippen LogP contribution in [0.1, 0.15) is 22.3 Å². The van der Waals surface area contributed by atoms with Gasteiger partial charge in [-0.15, -0.1) is 0 Å². The normalized spacial score (nSPS) is 28.2. The van der Waals surface area contributed by atoms with Crippen LogP contribution in [-0.4, -0.2) is 86.5 Å².